The van der Waals surface area contributed by atoms with Gasteiger partial charge in [0.25, 0.3) is 0 Å². The Morgan fingerprint density at radius 1 is 1.22 bits per heavy atom. The average Bonchev–Trinajstić information content (AvgIpc) is 2.80. The summed E-state index contributed by atoms with van der Waals surface area (Å²) in [7, 11) is 0. The standard InChI is InChI=1S/C14H27N3O/c1-4-13-12-14(5-2)17(16-13)10-9-15-8-7-11-18-6-3/h12,15H,4-11H2,1-3H3. The summed E-state index contributed by atoms with van der Waals surface area (Å²) in [6.45, 7) is 11.0. The molecule has 1 rings (SSSR count). The molecule has 0 aliphatic carbocycles. The van der Waals surface area contributed by atoms with E-state index in [0.29, 0.717) is 0 Å². The van der Waals surface area contributed by atoms with Crippen molar-refractivity contribution in [3.05, 3.63) is 17.5 Å². The number of aromatic nitrogens is 2. The molecule has 104 valence electrons. The number of nitrogens with one attached hydrogen (secondary N) is 1. The predicted octanol–water partition coefficient (Wildman–Crippen LogP) is 2.02. The van der Waals surface area contributed by atoms with Crippen LogP contribution in [0.1, 0.15) is 38.6 Å². The van der Waals surface area contributed by atoms with E-state index in [1.807, 2.05) is 6.92 Å². The number of aryl methyl sites for hydroxylation is 2. The molecular weight excluding hydrogens is 226 g/mol. The largest absolute Gasteiger partial charge is 0.382 e. The lowest BCUT2D eigenvalue weighted by Gasteiger charge is -2.07. The molecule has 0 aliphatic rings. The summed E-state index contributed by atoms with van der Waals surface area (Å²) in [5, 5.41) is 8.03. The number of nitrogens with zero attached hydrogens (tertiary/aromatic N) is 2. The number of ether oxygens (including phenoxy) is 1. The fraction of sp³-hybridized carbons (Fsp3) is 0.786. The normalized spacial score (nSPS) is 11.1. The minimum atomic E-state index is 0.812. The smallest absolute Gasteiger partial charge is 0.0624 e. The van der Waals surface area contributed by atoms with Gasteiger partial charge in [-0.15, -0.1) is 0 Å². The second-order valence-corrected chi connectivity index (χ2v) is 4.36. The maximum atomic E-state index is 5.30. The van der Waals surface area contributed by atoms with Crippen LogP contribution in [0, 0.1) is 0 Å². The second-order valence-electron chi connectivity index (χ2n) is 4.36. The molecule has 0 aromatic carbocycles. The molecule has 0 saturated heterocycles. The fourth-order valence-electron chi connectivity index (χ4n) is 1.92. The van der Waals surface area contributed by atoms with Gasteiger partial charge in [0, 0.05) is 25.5 Å². The monoisotopic (exact) mass is 253 g/mol. The zero-order valence-electron chi connectivity index (χ0n) is 12.0. The lowest BCUT2D eigenvalue weighted by molar-refractivity contribution is 0.144. The van der Waals surface area contributed by atoms with Crippen LogP contribution in [0.4, 0.5) is 0 Å². The molecular formula is C14H27N3O. The predicted molar refractivity (Wildman–Crippen MR) is 75.0 cm³/mol. The summed E-state index contributed by atoms with van der Waals surface area (Å²) in [4.78, 5) is 0. The van der Waals surface area contributed by atoms with Crippen molar-refractivity contribution in [2.75, 3.05) is 26.3 Å². The molecule has 1 aromatic heterocycles. The molecule has 4 heteroatoms. The molecule has 1 heterocycles. The highest BCUT2D eigenvalue weighted by molar-refractivity contribution is 5.10. The zero-order valence-corrected chi connectivity index (χ0v) is 12.0. The minimum Gasteiger partial charge on any atom is -0.382 e. The molecule has 0 aliphatic heterocycles. The van der Waals surface area contributed by atoms with E-state index in [1.54, 1.807) is 0 Å². The van der Waals surface area contributed by atoms with Crippen molar-refractivity contribution in [2.45, 2.75) is 46.6 Å². The van der Waals surface area contributed by atoms with Gasteiger partial charge in [0.2, 0.25) is 0 Å². The fourth-order valence-corrected chi connectivity index (χ4v) is 1.92. The van der Waals surface area contributed by atoms with Gasteiger partial charge in [-0.3, -0.25) is 4.68 Å². The molecule has 4 nitrogen and oxygen atoms in total. The highest BCUT2D eigenvalue weighted by atomic mass is 16.5. The number of rotatable bonds is 10. The summed E-state index contributed by atoms with van der Waals surface area (Å²) in [5.74, 6) is 0. The van der Waals surface area contributed by atoms with Gasteiger partial charge in [-0.2, -0.15) is 5.10 Å². The Morgan fingerprint density at radius 2 is 2.06 bits per heavy atom. The van der Waals surface area contributed by atoms with Crippen LogP contribution >= 0.6 is 0 Å². The van der Waals surface area contributed by atoms with E-state index in [2.05, 4.69) is 35.0 Å². The highest BCUT2D eigenvalue weighted by Crippen LogP contribution is 2.05. The minimum absolute atomic E-state index is 0.812. The van der Waals surface area contributed by atoms with Gasteiger partial charge in [0.05, 0.1) is 12.2 Å². The van der Waals surface area contributed by atoms with Crippen LogP contribution in [-0.2, 0) is 24.1 Å². The Balaban J connectivity index is 2.20. The first kappa shape index (κ1) is 15.2. The second kappa shape index (κ2) is 9.11. The Kier molecular flexibility index (Phi) is 7.69. The summed E-state index contributed by atoms with van der Waals surface area (Å²) < 4.78 is 7.43. The first-order valence-corrected chi connectivity index (χ1v) is 7.15. The van der Waals surface area contributed by atoms with Crippen LogP contribution in [0.5, 0.6) is 0 Å². The third-order valence-electron chi connectivity index (χ3n) is 2.99. The first-order chi connectivity index (χ1) is 8.81. The van der Waals surface area contributed by atoms with E-state index in [0.717, 1.165) is 52.1 Å². The van der Waals surface area contributed by atoms with Crippen molar-refractivity contribution in [1.82, 2.24) is 15.1 Å². The third kappa shape index (κ3) is 5.19. The van der Waals surface area contributed by atoms with E-state index < -0.39 is 0 Å². The Hall–Kier alpha value is -0.870. The molecule has 0 amide bonds. The molecule has 0 radical (unpaired) electrons. The quantitative estimate of drug-likeness (QED) is 0.648. The van der Waals surface area contributed by atoms with E-state index in [9.17, 15) is 0 Å². The van der Waals surface area contributed by atoms with E-state index >= 15 is 0 Å². The van der Waals surface area contributed by atoms with Crippen LogP contribution < -0.4 is 5.32 Å². The van der Waals surface area contributed by atoms with Crippen molar-refractivity contribution < 1.29 is 4.74 Å². The van der Waals surface area contributed by atoms with Crippen molar-refractivity contribution in [3.63, 3.8) is 0 Å². The maximum Gasteiger partial charge on any atom is 0.0624 e. The molecule has 1 N–H and O–H groups in total. The summed E-state index contributed by atoms with van der Waals surface area (Å²) in [6.07, 6.45) is 3.15. The summed E-state index contributed by atoms with van der Waals surface area (Å²) >= 11 is 0. The van der Waals surface area contributed by atoms with Crippen LogP contribution in [-0.4, -0.2) is 36.1 Å². The maximum absolute atomic E-state index is 5.30. The molecule has 0 spiro atoms. The number of hydrogen-bond acceptors (Lipinski definition) is 3. The molecule has 18 heavy (non-hydrogen) atoms. The van der Waals surface area contributed by atoms with Crippen molar-refractivity contribution >= 4 is 0 Å². The molecule has 0 unspecified atom stereocenters. The summed E-state index contributed by atoms with van der Waals surface area (Å²) in [6, 6.07) is 2.22. The number of hydrogen-bond donors (Lipinski definition) is 1. The van der Waals surface area contributed by atoms with E-state index in [4.69, 9.17) is 4.74 Å². The van der Waals surface area contributed by atoms with E-state index in [1.165, 1.54) is 11.4 Å². The van der Waals surface area contributed by atoms with Gasteiger partial charge >= 0.3 is 0 Å². The van der Waals surface area contributed by atoms with Gasteiger partial charge in [-0.1, -0.05) is 13.8 Å². The van der Waals surface area contributed by atoms with Crippen LogP contribution in [0.2, 0.25) is 0 Å². The van der Waals surface area contributed by atoms with Crippen LogP contribution in [0.25, 0.3) is 0 Å². The van der Waals surface area contributed by atoms with Gasteiger partial charge in [0.1, 0.15) is 0 Å². The van der Waals surface area contributed by atoms with Crippen molar-refractivity contribution in [2.24, 2.45) is 0 Å². The van der Waals surface area contributed by atoms with Crippen molar-refractivity contribution in [3.8, 4) is 0 Å². The Labute approximate surface area is 111 Å². The first-order valence-electron chi connectivity index (χ1n) is 7.15. The molecule has 0 atom stereocenters. The molecule has 0 saturated carbocycles. The van der Waals surface area contributed by atoms with Gasteiger partial charge in [-0.25, -0.2) is 0 Å². The molecule has 0 fully saturated rings. The lowest BCUT2D eigenvalue weighted by atomic mass is 10.2. The third-order valence-corrected chi connectivity index (χ3v) is 2.99. The van der Waals surface area contributed by atoms with Crippen LogP contribution in [0.3, 0.4) is 0 Å². The van der Waals surface area contributed by atoms with Crippen LogP contribution in [0.15, 0.2) is 6.07 Å². The molecule has 0 bridgehead atoms. The van der Waals surface area contributed by atoms with Gasteiger partial charge in [-0.05, 0) is 38.8 Å². The van der Waals surface area contributed by atoms with Gasteiger partial charge in [0.15, 0.2) is 0 Å². The average molecular weight is 253 g/mol. The Morgan fingerprint density at radius 3 is 2.72 bits per heavy atom. The van der Waals surface area contributed by atoms with E-state index in [-0.39, 0.29) is 0 Å². The lowest BCUT2D eigenvalue weighted by Crippen LogP contribution is -2.23. The topological polar surface area (TPSA) is 39.1 Å². The summed E-state index contributed by atoms with van der Waals surface area (Å²) in [5.41, 5.74) is 2.53. The highest BCUT2D eigenvalue weighted by Gasteiger charge is 2.04. The van der Waals surface area contributed by atoms with Crippen molar-refractivity contribution in [1.29, 1.82) is 0 Å². The SMILES string of the molecule is CCOCCCNCCn1nc(CC)cc1CC. The Bertz CT molecular complexity index is 323. The van der Waals surface area contributed by atoms with Gasteiger partial charge < -0.3 is 10.1 Å². The zero-order chi connectivity index (χ0) is 13.2. The molecule has 1 aromatic rings.